The molecular weight excluding hydrogens is 272 g/mol. The highest BCUT2D eigenvalue weighted by molar-refractivity contribution is 5.49. The van der Waals surface area contributed by atoms with Gasteiger partial charge in [0.1, 0.15) is 0 Å². The maximum atomic E-state index is 8.94. The predicted octanol–water partition coefficient (Wildman–Crippen LogP) is 3.66. The molecule has 4 nitrogen and oxygen atoms in total. The van der Waals surface area contributed by atoms with Crippen LogP contribution in [-0.4, -0.2) is 9.78 Å². The fourth-order valence-electron chi connectivity index (χ4n) is 2.29. The van der Waals surface area contributed by atoms with E-state index < -0.39 is 0 Å². The monoisotopic (exact) mass is 288 g/mol. The van der Waals surface area contributed by atoms with Gasteiger partial charge in [-0.2, -0.15) is 10.4 Å². The zero-order valence-electron chi connectivity index (χ0n) is 12.3. The van der Waals surface area contributed by atoms with E-state index in [-0.39, 0.29) is 0 Å². The Bertz CT molecular complexity index is 813. The minimum absolute atomic E-state index is 0.664. The molecule has 3 rings (SSSR count). The Morgan fingerprint density at radius 3 is 2.73 bits per heavy atom. The van der Waals surface area contributed by atoms with Gasteiger partial charge in [0.15, 0.2) is 0 Å². The van der Waals surface area contributed by atoms with Gasteiger partial charge in [-0.3, -0.25) is 0 Å². The lowest BCUT2D eigenvalue weighted by Gasteiger charge is -2.05. The van der Waals surface area contributed by atoms with Crippen LogP contribution in [0.25, 0.3) is 5.69 Å². The third kappa shape index (κ3) is 2.99. The highest BCUT2D eigenvalue weighted by atomic mass is 15.3. The van der Waals surface area contributed by atoms with Crippen LogP contribution in [0, 0.1) is 18.3 Å². The topological polar surface area (TPSA) is 53.6 Å². The number of hydrogen-bond acceptors (Lipinski definition) is 3. The van der Waals surface area contributed by atoms with Gasteiger partial charge in [0.25, 0.3) is 0 Å². The molecule has 0 saturated heterocycles. The molecule has 1 heterocycles. The summed E-state index contributed by atoms with van der Waals surface area (Å²) in [5.74, 6) is 0. The summed E-state index contributed by atoms with van der Waals surface area (Å²) in [5, 5.41) is 16.8. The normalized spacial score (nSPS) is 10.2. The number of para-hydroxylation sites is 1. The maximum Gasteiger partial charge on any atom is 0.0991 e. The zero-order valence-corrected chi connectivity index (χ0v) is 12.3. The van der Waals surface area contributed by atoms with Crippen molar-refractivity contribution in [1.29, 1.82) is 5.26 Å². The van der Waals surface area contributed by atoms with Crippen molar-refractivity contribution in [3.8, 4) is 11.8 Å². The van der Waals surface area contributed by atoms with Crippen molar-refractivity contribution in [3.63, 3.8) is 0 Å². The van der Waals surface area contributed by atoms with Crippen molar-refractivity contribution in [3.05, 3.63) is 77.6 Å². The fourth-order valence-corrected chi connectivity index (χ4v) is 2.29. The Balaban J connectivity index is 1.76. The SMILES string of the molecule is Cc1nn(-c2ccccc2)cc1NCc1cccc(C#N)c1. The molecule has 0 spiro atoms. The number of nitriles is 1. The lowest BCUT2D eigenvalue weighted by molar-refractivity contribution is 0.863. The van der Waals surface area contributed by atoms with Gasteiger partial charge in [0, 0.05) is 6.54 Å². The molecule has 3 aromatic rings. The zero-order chi connectivity index (χ0) is 15.4. The largest absolute Gasteiger partial charge is 0.378 e. The minimum atomic E-state index is 0.664. The third-order valence-corrected chi connectivity index (χ3v) is 3.46. The molecule has 1 N–H and O–H groups in total. The van der Waals surface area contributed by atoms with E-state index in [2.05, 4.69) is 16.5 Å². The summed E-state index contributed by atoms with van der Waals surface area (Å²) in [6.07, 6.45) is 1.98. The highest BCUT2D eigenvalue weighted by Gasteiger charge is 2.06. The molecule has 0 aliphatic carbocycles. The summed E-state index contributed by atoms with van der Waals surface area (Å²) in [7, 11) is 0. The fraction of sp³-hybridized carbons (Fsp3) is 0.111. The predicted molar refractivity (Wildman–Crippen MR) is 86.8 cm³/mol. The maximum absolute atomic E-state index is 8.94. The smallest absolute Gasteiger partial charge is 0.0991 e. The Morgan fingerprint density at radius 2 is 1.95 bits per heavy atom. The average molecular weight is 288 g/mol. The van der Waals surface area contributed by atoms with Crippen LogP contribution < -0.4 is 5.32 Å². The minimum Gasteiger partial charge on any atom is -0.378 e. The molecule has 0 saturated carbocycles. The van der Waals surface area contributed by atoms with Crippen LogP contribution in [0.15, 0.2) is 60.8 Å². The van der Waals surface area contributed by atoms with E-state index in [1.165, 1.54) is 0 Å². The van der Waals surface area contributed by atoms with E-state index in [1.807, 2.05) is 72.4 Å². The van der Waals surface area contributed by atoms with Gasteiger partial charge < -0.3 is 5.32 Å². The summed E-state index contributed by atoms with van der Waals surface area (Å²) in [6.45, 7) is 2.64. The molecule has 0 aliphatic rings. The number of aromatic nitrogens is 2. The molecular formula is C18H16N4. The van der Waals surface area contributed by atoms with Gasteiger partial charge in [-0.15, -0.1) is 0 Å². The van der Waals surface area contributed by atoms with E-state index >= 15 is 0 Å². The average Bonchev–Trinajstić information content (AvgIpc) is 2.95. The Morgan fingerprint density at radius 1 is 1.14 bits per heavy atom. The second-order valence-electron chi connectivity index (χ2n) is 5.07. The summed E-state index contributed by atoms with van der Waals surface area (Å²) in [6, 6.07) is 19.8. The van der Waals surface area contributed by atoms with Crippen LogP contribution in [0.5, 0.6) is 0 Å². The first-order valence-electron chi connectivity index (χ1n) is 7.11. The molecule has 22 heavy (non-hydrogen) atoms. The van der Waals surface area contributed by atoms with Crippen LogP contribution >= 0.6 is 0 Å². The molecule has 0 fully saturated rings. The Kier molecular flexibility index (Phi) is 3.88. The Labute approximate surface area is 129 Å². The molecule has 1 aromatic heterocycles. The van der Waals surface area contributed by atoms with Crippen LogP contribution in [0.4, 0.5) is 5.69 Å². The van der Waals surface area contributed by atoms with Crippen LogP contribution in [-0.2, 0) is 6.54 Å². The summed E-state index contributed by atoms with van der Waals surface area (Å²) in [4.78, 5) is 0. The van der Waals surface area contributed by atoms with Gasteiger partial charge in [-0.25, -0.2) is 4.68 Å². The lowest BCUT2D eigenvalue weighted by Crippen LogP contribution is -1.99. The van der Waals surface area contributed by atoms with E-state index in [0.29, 0.717) is 12.1 Å². The van der Waals surface area contributed by atoms with Crippen molar-refractivity contribution in [2.24, 2.45) is 0 Å². The molecule has 108 valence electrons. The third-order valence-electron chi connectivity index (χ3n) is 3.46. The molecule has 0 atom stereocenters. The molecule has 0 amide bonds. The molecule has 0 bridgehead atoms. The van der Waals surface area contributed by atoms with E-state index in [0.717, 1.165) is 22.6 Å². The second-order valence-corrected chi connectivity index (χ2v) is 5.07. The Hall–Kier alpha value is -3.06. The number of nitrogens with one attached hydrogen (secondary N) is 1. The van der Waals surface area contributed by atoms with Gasteiger partial charge >= 0.3 is 0 Å². The molecule has 2 aromatic carbocycles. The molecule has 0 unspecified atom stereocenters. The van der Waals surface area contributed by atoms with E-state index in [9.17, 15) is 0 Å². The quantitative estimate of drug-likeness (QED) is 0.797. The number of anilines is 1. The summed E-state index contributed by atoms with van der Waals surface area (Å²) < 4.78 is 1.86. The standard InChI is InChI=1S/C18H16N4/c1-14-18(13-22(21-14)17-8-3-2-4-9-17)20-12-16-7-5-6-15(10-16)11-19/h2-10,13,20H,12H2,1H3. The summed E-state index contributed by atoms with van der Waals surface area (Å²) >= 11 is 0. The van der Waals surface area contributed by atoms with Crippen molar-refractivity contribution in [2.75, 3.05) is 5.32 Å². The van der Waals surface area contributed by atoms with Gasteiger partial charge in [-0.05, 0) is 36.8 Å². The molecule has 4 heteroatoms. The van der Waals surface area contributed by atoms with Crippen molar-refractivity contribution in [1.82, 2.24) is 9.78 Å². The van der Waals surface area contributed by atoms with Gasteiger partial charge in [-0.1, -0.05) is 30.3 Å². The number of rotatable bonds is 4. The number of hydrogen-bond donors (Lipinski definition) is 1. The van der Waals surface area contributed by atoms with Gasteiger partial charge in [0.2, 0.25) is 0 Å². The second kappa shape index (κ2) is 6.15. The molecule has 0 aliphatic heterocycles. The number of nitrogens with zero attached hydrogens (tertiary/aromatic N) is 3. The van der Waals surface area contributed by atoms with Gasteiger partial charge in [0.05, 0.1) is 34.9 Å². The number of benzene rings is 2. The van der Waals surface area contributed by atoms with Crippen LogP contribution in [0.1, 0.15) is 16.8 Å². The van der Waals surface area contributed by atoms with E-state index in [1.54, 1.807) is 0 Å². The molecule has 0 radical (unpaired) electrons. The first kappa shape index (κ1) is 13.9. The first-order valence-corrected chi connectivity index (χ1v) is 7.11. The lowest BCUT2D eigenvalue weighted by atomic mass is 10.1. The van der Waals surface area contributed by atoms with E-state index in [4.69, 9.17) is 5.26 Å². The van der Waals surface area contributed by atoms with Crippen molar-refractivity contribution >= 4 is 5.69 Å². The van der Waals surface area contributed by atoms with Crippen molar-refractivity contribution in [2.45, 2.75) is 13.5 Å². The highest BCUT2D eigenvalue weighted by Crippen LogP contribution is 2.17. The number of aryl methyl sites for hydroxylation is 1. The van der Waals surface area contributed by atoms with Crippen molar-refractivity contribution < 1.29 is 0 Å². The van der Waals surface area contributed by atoms with Crippen LogP contribution in [0.2, 0.25) is 0 Å². The first-order chi connectivity index (χ1) is 10.8. The van der Waals surface area contributed by atoms with Crippen LogP contribution in [0.3, 0.4) is 0 Å². The summed E-state index contributed by atoms with van der Waals surface area (Å²) in [5.41, 5.74) is 4.72.